The van der Waals surface area contributed by atoms with Gasteiger partial charge in [-0.2, -0.15) is 0 Å². The molecule has 2 rings (SSSR count). The van der Waals surface area contributed by atoms with E-state index in [1.54, 1.807) is 0 Å². The minimum absolute atomic E-state index is 0.931. The van der Waals surface area contributed by atoms with E-state index in [4.69, 9.17) is 5.73 Å². The van der Waals surface area contributed by atoms with Crippen LogP contribution in [0.5, 0.6) is 0 Å². The van der Waals surface area contributed by atoms with Gasteiger partial charge in [-0.3, -0.25) is 4.90 Å². The van der Waals surface area contributed by atoms with Crippen molar-refractivity contribution in [2.24, 2.45) is 5.92 Å². The molecular formula is C14H22N2. The molecule has 0 bridgehead atoms. The van der Waals surface area contributed by atoms with Crippen molar-refractivity contribution < 1.29 is 0 Å². The quantitative estimate of drug-likeness (QED) is 0.790. The summed E-state index contributed by atoms with van der Waals surface area (Å²) in [6.45, 7) is 5.78. The molecule has 0 aromatic heterocycles. The van der Waals surface area contributed by atoms with E-state index in [-0.39, 0.29) is 0 Å². The largest absolute Gasteiger partial charge is 0.398 e. The van der Waals surface area contributed by atoms with Gasteiger partial charge in [-0.05, 0) is 43.5 Å². The van der Waals surface area contributed by atoms with Crippen molar-refractivity contribution in [2.75, 3.05) is 18.8 Å². The summed E-state index contributed by atoms with van der Waals surface area (Å²) in [4.78, 5) is 2.53. The van der Waals surface area contributed by atoms with Crippen LogP contribution in [0.15, 0.2) is 24.3 Å². The van der Waals surface area contributed by atoms with E-state index in [0.717, 1.165) is 18.2 Å². The molecule has 1 heterocycles. The van der Waals surface area contributed by atoms with Gasteiger partial charge in [0.1, 0.15) is 0 Å². The first kappa shape index (κ1) is 11.5. The number of nitrogen functional groups attached to an aromatic ring is 1. The molecule has 0 radical (unpaired) electrons. The Hall–Kier alpha value is -1.02. The number of rotatable bonds is 3. The van der Waals surface area contributed by atoms with Gasteiger partial charge in [-0.15, -0.1) is 0 Å². The molecule has 0 atom stereocenters. The zero-order valence-corrected chi connectivity index (χ0v) is 10.2. The second-order valence-corrected chi connectivity index (χ2v) is 4.83. The molecule has 0 saturated carbocycles. The van der Waals surface area contributed by atoms with E-state index in [1.807, 2.05) is 12.1 Å². The Bertz CT molecular complexity index is 327. The highest BCUT2D eigenvalue weighted by atomic mass is 15.1. The number of hydrogen-bond donors (Lipinski definition) is 1. The summed E-state index contributed by atoms with van der Waals surface area (Å²) < 4.78 is 0. The van der Waals surface area contributed by atoms with Gasteiger partial charge in [0.2, 0.25) is 0 Å². The Morgan fingerprint density at radius 3 is 2.56 bits per heavy atom. The lowest BCUT2D eigenvalue weighted by molar-refractivity contribution is 0.175. The van der Waals surface area contributed by atoms with Crippen LogP contribution >= 0.6 is 0 Å². The molecule has 0 spiro atoms. The lowest BCUT2D eigenvalue weighted by Crippen LogP contribution is -2.33. The molecule has 16 heavy (non-hydrogen) atoms. The van der Waals surface area contributed by atoms with Crippen LogP contribution in [0.25, 0.3) is 0 Å². The number of likely N-dealkylation sites (tertiary alicyclic amines) is 1. The molecule has 1 saturated heterocycles. The Morgan fingerprint density at radius 2 is 1.94 bits per heavy atom. The van der Waals surface area contributed by atoms with Gasteiger partial charge < -0.3 is 5.73 Å². The van der Waals surface area contributed by atoms with Gasteiger partial charge in [0.05, 0.1) is 0 Å². The van der Waals surface area contributed by atoms with E-state index < -0.39 is 0 Å². The fourth-order valence-corrected chi connectivity index (χ4v) is 2.47. The third-order valence-electron chi connectivity index (χ3n) is 3.73. The molecule has 2 nitrogen and oxygen atoms in total. The summed E-state index contributed by atoms with van der Waals surface area (Å²) in [5, 5.41) is 0. The van der Waals surface area contributed by atoms with Crippen LogP contribution in [0.1, 0.15) is 31.7 Å². The number of benzene rings is 1. The highest BCUT2D eigenvalue weighted by Gasteiger charge is 2.17. The summed E-state index contributed by atoms with van der Waals surface area (Å²) in [5.41, 5.74) is 8.17. The van der Waals surface area contributed by atoms with Crippen LogP contribution in [0.3, 0.4) is 0 Å². The van der Waals surface area contributed by atoms with Crippen molar-refractivity contribution in [3.63, 3.8) is 0 Å². The summed E-state index contributed by atoms with van der Waals surface area (Å²) >= 11 is 0. The van der Waals surface area contributed by atoms with Crippen molar-refractivity contribution in [1.29, 1.82) is 0 Å². The maximum Gasteiger partial charge on any atom is 0.0359 e. The van der Waals surface area contributed by atoms with Gasteiger partial charge in [-0.25, -0.2) is 0 Å². The standard InChI is InChI=1S/C14H22N2/c1-2-12-7-9-16(10-8-12)11-13-5-3-4-6-14(13)15/h3-6,12H,2,7-11,15H2,1H3. The van der Waals surface area contributed by atoms with Gasteiger partial charge in [0, 0.05) is 12.2 Å². The fourth-order valence-electron chi connectivity index (χ4n) is 2.47. The highest BCUT2D eigenvalue weighted by Crippen LogP contribution is 2.22. The van der Waals surface area contributed by atoms with E-state index in [0.29, 0.717) is 0 Å². The number of nitrogens with two attached hydrogens (primary N) is 1. The predicted molar refractivity (Wildman–Crippen MR) is 69.1 cm³/mol. The second-order valence-electron chi connectivity index (χ2n) is 4.83. The first-order chi connectivity index (χ1) is 7.79. The topological polar surface area (TPSA) is 29.3 Å². The number of nitrogens with zero attached hydrogens (tertiary/aromatic N) is 1. The minimum Gasteiger partial charge on any atom is -0.398 e. The Morgan fingerprint density at radius 1 is 1.25 bits per heavy atom. The Labute approximate surface area is 98.4 Å². The van der Waals surface area contributed by atoms with Crippen molar-refractivity contribution in [2.45, 2.75) is 32.7 Å². The summed E-state index contributed by atoms with van der Waals surface area (Å²) in [6.07, 6.45) is 4.04. The molecule has 1 aromatic carbocycles. The van der Waals surface area contributed by atoms with Crippen molar-refractivity contribution >= 4 is 5.69 Å². The highest BCUT2D eigenvalue weighted by molar-refractivity contribution is 5.46. The van der Waals surface area contributed by atoms with Crippen molar-refractivity contribution in [3.05, 3.63) is 29.8 Å². The normalized spacial score (nSPS) is 18.8. The van der Waals surface area contributed by atoms with E-state index in [1.165, 1.54) is 37.9 Å². The summed E-state index contributed by atoms with van der Waals surface area (Å²) in [7, 11) is 0. The number of hydrogen-bond acceptors (Lipinski definition) is 2. The van der Waals surface area contributed by atoms with Crippen molar-refractivity contribution in [1.82, 2.24) is 4.90 Å². The van der Waals surface area contributed by atoms with Crippen LogP contribution in [-0.4, -0.2) is 18.0 Å². The van der Waals surface area contributed by atoms with Gasteiger partial charge >= 0.3 is 0 Å². The first-order valence-electron chi connectivity index (χ1n) is 6.35. The molecule has 2 heteroatoms. The molecular weight excluding hydrogens is 196 g/mol. The average molecular weight is 218 g/mol. The van der Waals surface area contributed by atoms with Gasteiger partial charge in [0.15, 0.2) is 0 Å². The molecule has 1 aliphatic heterocycles. The first-order valence-corrected chi connectivity index (χ1v) is 6.35. The van der Waals surface area contributed by atoms with Crippen LogP contribution in [0.2, 0.25) is 0 Å². The zero-order valence-electron chi connectivity index (χ0n) is 10.2. The zero-order chi connectivity index (χ0) is 11.4. The van der Waals surface area contributed by atoms with Gasteiger partial charge in [-0.1, -0.05) is 31.5 Å². The molecule has 1 aromatic rings. The molecule has 88 valence electrons. The van der Waals surface area contributed by atoms with E-state index >= 15 is 0 Å². The van der Waals surface area contributed by atoms with Gasteiger partial charge in [0.25, 0.3) is 0 Å². The van der Waals surface area contributed by atoms with Crippen LogP contribution in [0, 0.1) is 5.92 Å². The third kappa shape index (κ3) is 2.76. The SMILES string of the molecule is CCC1CCN(Cc2ccccc2N)CC1. The predicted octanol–water partition coefficient (Wildman–Crippen LogP) is 2.89. The maximum absolute atomic E-state index is 5.96. The van der Waals surface area contributed by atoms with Crippen LogP contribution in [0.4, 0.5) is 5.69 Å². The molecule has 1 aliphatic rings. The molecule has 0 aliphatic carbocycles. The number of anilines is 1. The van der Waals surface area contributed by atoms with E-state index in [9.17, 15) is 0 Å². The monoisotopic (exact) mass is 218 g/mol. The lowest BCUT2D eigenvalue weighted by atomic mass is 9.94. The smallest absolute Gasteiger partial charge is 0.0359 e. The number of piperidine rings is 1. The van der Waals surface area contributed by atoms with Crippen LogP contribution < -0.4 is 5.73 Å². The van der Waals surface area contributed by atoms with Crippen molar-refractivity contribution in [3.8, 4) is 0 Å². The van der Waals surface area contributed by atoms with E-state index in [2.05, 4.69) is 24.0 Å². The third-order valence-corrected chi connectivity index (χ3v) is 3.73. The molecule has 0 unspecified atom stereocenters. The lowest BCUT2D eigenvalue weighted by Gasteiger charge is -2.31. The fraction of sp³-hybridized carbons (Fsp3) is 0.571. The van der Waals surface area contributed by atoms with Crippen LogP contribution in [-0.2, 0) is 6.54 Å². The maximum atomic E-state index is 5.96. The molecule has 1 fully saturated rings. The second kappa shape index (κ2) is 5.35. The minimum atomic E-state index is 0.931. The summed E-state index contributed by atoms with van der Waals surface area (Å²) in [6, 6.07) is 8.21. The molecule has 2 N–H and O–H groups in total. The molecule has 0 amide bonds. The average Bonchev–Trinajstić information content (AvgIpc) is 2.33. The number of para-hydroxylation sites is 1. The summed E-state index contributed by atoms with van der Waals surface area (Å²) in [5.74, 6) is 0.948. The Kier molecular flexibility index (Phi) is 3.83. The Balaban J connectivity index is 1.89.